The molecule has 0 spiro atoms. The molecule has 0 atom stereocenters. The number of amides is 1. The Balaban J connectivity index is 1.50. The molecule has 0 saturated heterocycles. The molecule has 132 valence electrons. The summed E-state index contributed by atoms with van der Waals surface area (Å²) in [6, 6.07) is 15.8. The van der Waals surface area contributed by atoms with Gasteiger partial charge in [0, 0.05) is 36.3 Å². The van der Waals surface area contributed by atoms with Gasteiger partial charge in [-0.2, -0.15) is 5.10 Å². The van der Waals surface area contributed by atoms with E-state index in [0.717, 1.165) is 11.3 Å². The van der Waals surface area contributed by atoms with Crippen LogP contribution in [-0.2, 0) is 17.8 Å². The minimum atomic E-state index is -0.322. The van der Waals surface area contributed by atoms with Crippen molar-refractivity contribution >= 4 is 5.91 Å². The van der Waals surface area contributed by atoms with E-state index in [1.165, 1.54) is 6.07 Å². The highest BCUT2D eigenvalue weighted by Crippen LogP contribution is 2.30. The van der Waals surface area contributed by atoms with Crippen molar-refractivity contribution < 1.29 is 13.9 Å². The largest absolute Gasteiger partial charge is 0.484 e. The van der Waals surface area contributed by atoms with Gasteiger partial charge in [0.2, 0.25) is 0 Å². The number of hydrogen-bond acceptors (Lipinski definition) is 3. The number of hydrogen-bond donors (Lipinski definition) is 1. The zero-order valence-corrected chi connectivity index (χ0v) is 14.1. The zero-order chi connectivity index (χ0) is 17.9. The fourth-order valence-corrected chi connectivity index (χ4v) is 3.14. The molecular formula is C20H18FN3O2. The van der Waals surface area contributed by atoms with Gasteiger partial charge in [0.05, 0.1) is 0 Å². The average Bonchev–Trinajstić information content (AvgIpc) is 3.10. The van der Waals surface area contributed by atoms with E-state index in [-0.39, 0.29) is 18.3 Å². The molecule has 0 saturated carbocycles. The highest BCUT2D eigenvalue weighted by molar-refractivity contribution is 5.78. The summed E-state index contributed by atoms with van der Waals surface area (Å²) >= 11 is 0. The summed E-state index contributed by atoms with van der Waals surface area (Å²) < 4.78 is 19.7. The summed E-state index contributed by atoms with van der Waals surface area (Å²) in [5.74, 6) is 0.242. The quantitative estimate of drug-likeness (QED) is 0.785. The summed E-state index contributed by atoms with van der Waals surface area (Å²) in [5.41, 5.74) is 2.84. The van der Waals surface area contributed by atoms with E-state index in [0.29, 0.717) is 36.5 Å². The van der Waals surface area contributed by atoms with Gasteiger partial charge in [-0.05, 0) is 24.3 Å². The van der Waals surface area contributed by atoms with Crippen LogP contribution in [0.4, 0.5) is 4.39 Å². The molecule has 1 aromatic heterocycles. The Morgan fingerprint density at radius 1 is 1.15 bits per heavy atom. The molecule has 3 aromatic rings. The number of fused-ring (bicyclic) bond motifs is 1. The molecule has 5 nitrogen and oxygen atoms in total. The van der Waals surface area contributed by atoms with Gasteiger partial charge in [-0.25, -0.2) is 4.39 Å². The lowest BCUT2D eigenvalue weighted by molar-refractivity contribution is -0.134. The summed E-state index contributed by atoms with van der Waals surface area (Å²) in [4.78, 5) is 14.2. The SMILES string of the molecule is O=C(COc1ccccc1)N1CCc2[nH]nc(-c3ccccc3F)c2C1. The van der Waals surface area contributed by atoms with Crippen LogP contribution in [0.25, 0.3) is 11.3 Å². The van der Waals surface area contributed by atoms with Crippen molar-refractivity contribution in [3.63, 3.8) is 0 Å². The van der Waals surface area contributed by atoms with E-state index in [9.17, 15) is 9.18 Å². The number of aromatic nitrogens is 2. The predicted octanol–water partition coefficient (Wildman–Crippen LogP) is 3.18. The first-order valence-electron chi connectivity index (χ1n) is 8.49. The number of para-hydroxylation sites is 1. The molecule has 0 fully saturated rings. The summed E-state index contributed by atoms with van der Waals surface area (Å²) in [6.07, 6.45) is 0.661. The van der Waals surface area contributed by atoms with Crippen molar-refractivity contribution in [1.82, 2.24) is 15.1 Å². The van der Waals surface area contributed by atoms with E-state index < -0.39 is 0 Å². The molecule has 0 radical (unpaired) electrons. The second-order valence-corrected chi connectivity index (χ2v) is 6.18. The topological polar surface area (TPSA) is 58.2 Å². The first-order chi connectivity index (χ1) is 12.7. The Morgan fingerprint density at radius 3 is 2.73 bits per heavy atom. The molecule has 0 unspecified atom stereocenters. The number of ether oxygens (including phenoxy) is 1. The van der Waals surface area contributed by atoms with Crippen LogP contribution in [0.2, 0.25) is 0 Å². The Bertz CT molecular complexity index is 924. The number of rotatable bonds is 4. The van der Waals surface area contributed by atoms with E-state index in [4.69, 9.17) is 4.74 Å². The van der Waals surface area contributed by atoms with Gasteiger partial charge in [-0.3, -0.25) is 9.89 Å². The standard InChI is InChI=1S/C20H18FN3O2/c21-17-9-5-4-8-15(17)20-16-12-24(11-10-18(16)22-23-20)19(25)13-26-14-6-2-1-3-7-14/h1-9H,10-13H2,(H,22,23). The Hall–Kier alpha value is -3.15. The third kappa shape index (κ3) is 3.18. The van der Waals surface area contributed by atoms with E-state index in [1.54, 1.807) is 23.1 Å². The van der Waals surface area contributed by atoms with Crippen LogP contribution in [0, 0.1) is 5.82 Å². The summed E-state index contributed by atoms with van der Waals surface area (Å²) in [5, 5.41) is 7.27. The van der Waals surface area contributed by atoms with Crippen LogP contribution in [0.1, 0.15) is 11.3 Å². The maximum atomic E-state index is 14.1. The van der Waals surface area contributed by atoms with Crippen molar-refractivity contribution in [2.24, 2.45) is 0 Å². The lowest BCUT2D eigenvalue weighted by Crippen LogP contribution is -2.38. The molecular weight excluding hydrogens is 333 g/mol. The normalized spacial score (nSPS) is 13.3. The first kappa shape index (κ1) is 16.3. The van der Waals surface area contributed by atoms with E-state index in [1.807, 2.05) is 30.3 Å². The number of nitrogens with zero attached hydrogens (tertiary/aromatic N) is 2. The zero-order valence-electron chi connectivity index (χ0n) is 14.1. The maximum absolute atomic E-state index is 14.1. The van der Waals surface area contributed by atoms with Gasteiger partial charge in [-0.1, -0.05) is 30.3 Å². The molecule has 0 aliphatic carbocycles. The Morgan fingerprint density at radius 2 is 1.92 bits per heavy atom. The summed E-state index contributed by atoms with van der Waals surface area (Å²) in [7, 11) is 0. The fourth-order valence-electron chi connectivity index (χ4n) is 3.14. The molecule has 4 rings (SSSR count). The van der Waals surface area contributed by atoms with Gasteiger partial charge in [-0.15, -0.1) is 0 Å². The van der Waals surface area contributed by atoms with Gasteiger partial charge in [0.1, 0.15) is 17.3 Å². The van der Waals surface area contributed by atoms with Crippen molar-refractivity contribution in [3.05, 3.63) is 71.7 Å². The highest BCUT2D eigenvalue weighted by Gasteiger charge is 2.26. The van der Waals surface area contributed by atoms with Crippen molar-refractivity contribution in [2.75, 3.05) is 13.2 Å². The molecule has 6 heteroatoms. The predicted molar refractivity (Wildman–Crippen MR) is 95.0 cm³/mol. The van der Waals surface area contributed by atoms with Crippen LogP contribution in [-0.4, -0.2) is 34.2 Å². The van der Waals surface area contributed by atoms with Gasteiger partial charge >= 0.3 is 0 Å². The van der Waals surface area contributed by atoms with E-state index in [2.05, 4.69) is 10.2 Å². The minimum absolute atomic E-state index is 0.0216. The van der Waals surface area contributed by atoms with Gasteiger partial charge in [0.25, 0.3) is 5.91 Å². The molecule has 1 aliphatic rings. The monoisotopic (exact) mass is 351 g/mol. The second kappa shape index (κ2) is 7.00. The number of benzene rings is 2. The van der Waals surface area contributed by atoms with Crippen LogP contribution in [0.5, 0.6) is 5.75 Å². The van der Waals surface area contributed by atoms with Crippen molar-refractivity contribution in [2.45, 2.75) is 13.0 Å². The Kier molecular flexibility index (Phi) is 4.39. The lowest BCUT2D eigenvalue weighted by Gasteiger charge is -2.27. The molecule has 0 bridgehead atoms. The van der Waals surface area contributed by atoms with E-state index >= 15 is 0 Å². The number of halogens is 1. The second-order valence-electron chi connectivity index (χ2n) is 6.18. The number of aromatic amines is 1. The van der Waals surface area contributed by atoms with Crippen LogP contribution < -0.4 is 4.74 Å². The fraction of sp³-hybridized carbons (Fsp3) is 0.200. The van der Waals surface area contributed by atoms with Crippen molar-refractivity contribution in [3.8, 4) is 17.0 Å². The third-order valence-electron chi connectivity index (χ3n) is 4.52. The van der Waals surface area contributed by atoms with Crippen LogP contribution >= 0.6 is 0 Å². The van der Waals surface area contributed by atoms with Crippen LogP contribution in [0.15, 0.2) is 54.6 Å². The average molecular weight is 351 g/mol. The van der Waals surface area contributed by atoms with Crippen LogP contribution in [0.3, 0.4) is 0 Å². The lowest BCUT2D eigenvalue weighted by atomic mass is 10.0. The molecule has 2 aromatic carbocycles. The Labute approximate surface area is 150 Å². The van der Waals surface area contributed by atoms with Crippen molar-refractivity contribution in [1.29, 1.82) is 0 Å². The number of carbonyl (C=O) groups excluding carboxylic acids is 1. The molecule has 1 aliphatic heterocycles. The summed E-state index contributed by atoms with van der Waals surface area (Å²) in [6.45, 7) is 0.960. The molecule has 26 heavy (non-hydrogen) atoms. The minimum Gasteiger partial charge on any atom is -0.484 e. The maximum Gasteiger partial charge on any atom is 0.260 e. The number of nitrogens with one attached hydrogen (secondary N) is 1. The molecule has 1 N–H and O–H groups in total. The number of carbonyl (C=O) groups is 1. The van der Waals surface area contributed by atoms with Gasteiger partial charge < -0.3 is 9.64 Å². The number of H-pyrrole nitrogens is 1. The third-order valence-corrected chi connectivity index (χ3v) is 4.52. The smallest absolute Gasteiger partial charge is 0.260 e. The first-order valence-corrected chi connectivity index (χ1v) is 8.49. The molecule has 1 amide bonds. The molecule has 2 heterocycles. The highest BCUT2D eigenvalue weighted by atomic mass is 19.1. The van der Waals surface area contributed by atoms with Gasteiger partial charge in [0.15, 0.2) is 6.61 Å².